The quantitative estimate of drug-likeness (QED) is 0.0360. The SMILES string of the molecule is OCC(F)(F)OC(F)(F)OC(F)(F)C(F)(F)OC(F)(F)COCC(O)CN(CC(O)COCC(F)(F)OC(F)(F)OC(F)(F)C(F)(F)OC(F)F)c1ccc(OCC(O)COCC(F)(F)OC(F)(F)OC(F)(F)C(F)(F)OC(F)F)cc1. The summed E-state index contributed by atoms with van der Waals surface area (Å²) < 4.78 is 436. The zero-order chi connectivity index (χ0) is 64.2. The minimum absolute atomic E-state index is 0.438. The number of benzene rings is 1. The third-order valence-corrected chi connectivity index (χ3v) is 7.75. The van der Waals surface area contributed by atoms with Crippen LogP contribution in [0.25, 0.3) is 0 Å². The first kappa shape index (κ1) is 76.1. The number of anilines is 1. The number of ether oxygens (including phenoxy) is 13. The Morgan fingerprint density at radius 1 is 0.366 bits per heavy atom. The number of halogens is 30. The molecule has 0 heterocycles. The standard InChI is InChI=1S/C34H33F30NO17/c35-20(36)74-26(47,48)28(51,52)80-33(61,62)78-24(43,44)13-71-8-17(68)6-65(5-16(67)7-70-12-23(41,42)76-30(55,56)31(57,58)82-32(59,60)77-22(39,40)11-66)15-1-3-19(4-2-15)73-10-18(69)9-72-14-25(45,46)79-34(63,64)81-29(53,54)27(49,50)75-21(37)38/h1-4,16-18,20-21,66-69H,5-14H2. The molecule has 18 nitrogen and oxygen atoms in total. The second-order valence-corrected chi connectivity index (χ2v) is 14.9. The van der Waals surface area contributed by atoms with Crippen LogP contribution < -0.4 is 9.64 Å². The van der Waals surface area contributed by atoms with Crippen LogP contribution in [0.5, 0.6) is 5.75 Å². The molecule has 0 spiro atoms. The van der Waals surface area contributed by atoms with Gasteiger partial charge in [0.1, 0.15) is 44.9 Å². The van der Waals surface area contributed by atoms with Gasteiger partial charge in [0.05, 0.1) is 32.0 Å². The number of aliphatic hydroxyl groups is 4. The van der Waals surface area contributed by atoms with E-state index in [1.165, 1.54) is 0 Å². The Hall–Kier alpha value is -3.92. The van der Waals surface area contributed by atoms with Crippen molar-refractivity contribution in [3.8, 4) is 5.75 Å². The van der Waals surface area contributed by atoms with E-state index in [4.69, 9.17) is 9.84 Å². The maximum atomic E-state index is 14.1. The lowest BCUT2D eigenvalue weighted by molar-refractivity contribution is -0.566. The minimum atomic E-state index is -6.99. The molecule has 0 saturated heterocycles. The summed E-state index contributed by atoms with van der Waals surface area (Å²) in [4.78, 5) is 0.582. The Morgan fingerprint density at radius 2 is 0.659 bits per heavy atom. The molecule has 0 bridgehead atoms. The van der Waals surface area contributed by atoms with Gasteiger partial charge in [-0.15, -0.1) is 26.3 Å². The minimum Gasteiger partial charge on any atom is -0.491 e. The molecule has 4 N–H and O–H groups in total. The number of rotatable bonds is 42. The van der Waals surface area contributed by atoms with Crippen molar-refractivity contribution in [1.29, 1.82) is 0 Å². The predicted octanol–water partition coefficient (Wildman–Crippen LogP) is 8.17. The zero-order valence-corrected chi connectivity index (χ0v) is 38.6. The van der Waals surface area contributed by atoms with Crippen molar-refractivity contribution < 1.29 is 214 Å². The van der Waals surface area contributed by atoms with Crippen LogP contribution in [-0.4, -0.2) is 198 Å². The van der Waals surface area contributed by atoms with E-state index in [-0.39, 0.29) is 0 Å². The van der Waals surface area contributed by atoms with E-state index in [1.54, 1.807) is 0 Å². The molecule has 0 saturated carbocycles. The first-order valence-electron chi connectivity index (χ1n) is 20.1. The molecule has 0 aliphatic heterocycles. The molecule has 1 aromatic rings. The van der Waals surface area contributed by atoms with Gasteiger partial charge in [0, 0.05) is 18.8 Å². The molecule has 486 valence electrons. The molecule has 3 atom stereocenters. The third-order valence-electron chi connectivity index (χ3n) is 7.75. The highest BCUT2D eigenvalue weighted by atomic mass is 19.4. The Balaban J connectivity index is 3.18. The van der Waals surface area contributed by atoms with Crippen LogP contribution in [0.2, 0.25) is 0 Å². The number of hydrogen-bond donors (Lipinski definition) is 4. The van der Waals surface area contributed by atoms with Gasteiger partial charge in [-0.25, -0.2) is 33.2 Å². The summed E-state index contributed by atoms with van der Waals surface area (Å²) in [6, 6.07) is 3.16. The Bertz CT molecular complexity index is 2050. The first-order chi connectivity index (χ1) is 36.5. The summed E-state index contributed by atoms with van der Waals surface area (Å²) in [5.74, 6) is -0.463. The normalized spacial score (nSPS) is 15.9. The Morgan fingerprint density at radius 3 is 0.988 bits per heavy atom. The van der Waals surface area contributed by atoms with E-state index >= 15 is 0 Å². The lowest BCUT2D eigenvalue weighted by Gasteiger charge is -2.32. The molecule has 0 amide bonds. The van der Waals surface area contributed by atoms with Gasteiger partial charge in [-0.1, -0.05) is 0 Å². The van der Waals surface area contributed by atoms with Crippen LogP contribution in [0.1, 0.15) is 0 Å². The second kappa shape index (κ2) is 28.5. The molecule has 0 aromatic heterocycles. The summed E-state index contributed by atoms with van der Waals surface area (Å²) >= 11 is 0. The van der Waals surface area contributed by atoms with E-state index in [9.17, 15) is 147 Å². The maximum Gasteiger partial charge on any atom is 0.495 e. The lowest BCUT2D eigenvalue weighted by Crippen LogP contribution is -2.54. The van der Waals surface area contributed by atoms with Crippen LogP contribution in [-0.2, 0) is 56.8 Å². The highest BCUT2D eigenvalue weighted by Gasteiger charge is 2.70. The van der Waals surface area contributed by atoms with Crippen molar-refractivity contribution in [2.45, 2.75) is 112 Å². The highest BCUT2D eigenvalue weighted by Crippen LogP contribution is 2.47. The van der Waals surface area contributed by atoms with E-state index in [1.807, 2.05) is 4.74 Å². The average Bonchev–Trinajstić information content (AvgIpc) is 3.21. The van der Waals surface area contributed by atoms with Gasteiger partial charge in [0.15, 0.2) is 0 Å². The van der Waals surface area contributed by atoms with Crippen molar-refractivity contribution in [3.05, 3.63) is 24.3 Å². The molecule has 1 aromatic carbocycles. The van der Waals surface area contributed by atoms with E-state index in [0.29, 0.717) is 4.90 Å². The van der Waals surface area contributed by atoms with Gasteiger partial charge in [-0.05, 0) is 24.3 Å². The largest absolute Gasteiger partial charge is 0.495 e. The fraction of sp³-hybridized carbons (Fsp3) is 0.824. The monoisotopic (exact) mass is 1300 g/mol. The molecule has 82 heavy (non-hydrogen) atoms. The van der Waals surface area contributed by atoms with E-state index < -0.39 is 189 Å². The number of aliphatic hydroxyl groups excluding tert-OH is 4. The molecule has 0 radical (unpaired) electrons. The van der Waals surface area contributed by atoms with Crippen molar-refractivity contribution in [1.82, 2.24) is 0 Å². The Kier molecular flexibility index (Phi) is 26.5. The number of hydrogen-bond acceptors (Lipinski definition) is 18. The summed E-state index contributed by atoms with van der Waals surface area (Å²) in [6.45, 7) is -28.0. The van der Waals surface area contributed by atoms with Crippen LogP contribution >= 0.6 is 0 Å². The van der Waals surface area contributed by atoms with Crippen molar-refractivity contribution in [2.75, 3.05) is 70.8 Å². The smallest absolute Gasteiger partial charge is 0.491 e. The molecule has 1 rings (SSSR count). The summed E-state index contributed by atoms with van der Waals surface area (Å²) in [5.41, 5.74) is -0.438. The fourth-order valence-electron chi connectivity index (χ4n) is 4.77. The van der Waals surface area contributed by atoms with E-state index in [2.05, 4.69) is 52.1 Å². The average molecular weight is 1300 g/mol. The third kappa shape index (κ3) is 27.0. The summed E-state index contributed by atoms with van der Waals surface area (Å²) in [7, 11) is 0. The molecule has 3 unspecified atom stereocenters. The van der Waals surface area contributed by atoms with Crippen LogP contribution in [0.4, 0.5) is 137 Å². The Labute approximate surface area is 432 Å². The molecule has 48 heteroatoms. The summed E-state index contributed by atoms with van der Waals surface area (Å²) in [6.07, 6.45) is -89.2. The second-order valence-electron chi connectivity index (χ2n) is 14.9. The zero-order valence-electron chi connectivity index (χ0n) is 38.6. The van der Waals surface area contributed by atoms with Gasteiger partial charge in [0.2, 0.25) is 0 Å². The topological polar surface area (TPSA) is 204 Å². The van der Waals surface area contributed by atoms with Crippen molar-refractivity contribution in [2.24, 2.45) is 0 Å². The van der Waals surface area contributed by atoms with Gasteiger partial charge < -0.3 is 44.3 Å². The fourth-order valence-corrected chi connectivity index (χ4v) is 4.77. The van der Waals surface area contributed by atoms with Gasteiger partial charge in [0.25, 0.3) is 0 Å². The first-order valence-corrected chi connectivity index (χ1v) is 20.1. The molecule has 0 aliphatic rings. The number of nitrogens with zero attached hydrogens (tertiary/aromatic N) is 1. The van der Waals surface area contributed by atoms with Crippen molar-refractivity contribution in [3.63, 3.8) is 0 Å². The van der Waals surface area contributed by atoms with Crippen LogP contribution in [0, 0.1) is 0 Å². The van der Waals surface area contributed by atoms with Gasteiger partial charge in [-0.3, -0.25) is 9.47 Å². The van der Waals surface area contributed by atoms with Crippen LogP contribution in [0.15, 0.2) is 24.3 Å². The maximum absolute atomic E-state index is 14.1. The van der Waals surface area contributed by atoms with Crippen molar-refractivity contribution >= 4 is 5.69 Å². The van der Waals surface area contributed by atoms with Gasteiger partial charge >= 0.3 is 93.2 Å². The highest BCUT2D eigenvalue weighted by molar-refractivity contribution is 5.49. The molecular weight excluding hydrogens is 1260 g/mol. The molecule has 0 fully saturated rings. The molecule has 0 aliphatic carbocycles. The van der Waals surface area contributed by atoms with E-state index in [0.717, 1.165) is 24.3 Å². The van der Waals surface area contributed by atoms with Crippen LogP contribution in [0.3, 0.4) is 0 Å². The number of alkyl halides is 30. The lowest BCUT2D eigenvalue weighted by atomic mass is 10.2. The molecular formula is C34H33F30NO17. The predicted molar refractivity (Wildman–Crippen MR) is 188 cm³/mol. The summed E-state index contributed by atoms with van der Waals surface area (Å²) in [5, 5.41) is 38.9. The van der Waals surface area contributed by atoms with Gasteiger partial charge in [-0.2, -0.15) is 105 Å².